The third-order valence-electron chi connectivity index (χ3n) is 9.60. The van der Waals surface area contributed by atoms with Gasteiger partial charge >= 0.3 is 12.1 Å². The van der Waals surface area contributed by atoms with Crippen LogP contribution in [0.1, 0.15) is 87.8 Å². The molecule has 5 aliphatic heterocycles. The van der Waals surface area contributed by atoms with Crippen molar-refractivity contribution in [3.05, 3.63) is 85.9 Å². The first-order valence-corrected chi connectivity index (χ1v) is 20.2. The standard InChI is InChI=1S/C24H31ClN2O6.C9H7Cl2NO2.C9H9NO2/c1-22(2,3)31-20(28)18-12-24(13-27(18)21(29)32-23(4,5)6)11-17(26-33-24)15-9-14-7-8-30-19(14)16(25)10-15;10-7-4-6(9(11)12-13)3-5-1-2-14-8(5)7;11-10-6-7-1-2-9-8(5-7)3-4-12-9/h9-10,18H,7-8,11-13H2,1-6H3;3-4,13H,1-2H2;1-2,5-6,11H,3-4H2/b;12-9+;10-6-/t18-,24+;;/m0../s1. The van der Waals surface area contributed by atoms with Crippen LogP contribution in [0.3, 0.4) is 0 Å². The summed E-state index contributed by atoms with van der Waals surface area (Å²) in [5, 5.41) is 28.1. The Morgan fingerprint density at radius 1 is 0.864 bits per heavy atom. The number of esters is 1. The zero-order chi connectivity index (χ0) is 42.7. The van der Waals surface area contributed by atoms with Crippen LogP contribution >= 0.6 is 34.8 Å². The Morgan fingerprint density at radius 3 is 2.14 bits per heavy atom. The van der Waals surface area contributed by atoms with Gasteiger partial charge in [-0.1, -0.05) is 50.3 Å². The molecule has 1 saturated heterocycles. The molecule has 59 heavy (non-hydrogen) atoms. The van der Waals surface area contributed by atoms with Gasteiger partial charge in [-0.05, 0) is 106 Å². The molecular formula is C42H47Cl3N4O10. The van der Waals surface area contributed by atoms with Crippen LogP contribution in [0, 0.1) is 0 Å². The summed E-state index contributed by atoms with van der Waals surface area (Å²) in [7, 11) is 0. The monoisotopic (exact) mass is 872 g/mol. The van der Waals surface area contributed by atoms with Crippen molar-refractivity contribution >= 4 is 64.0 Å². The van der Waals surface area contributed by atoms with Gasteiger partial charge in [0.2, 0.25) is 0 Å². The molecule has 17 heteroatoms. The van der Waals surface area contributed by atoms with Crippen LogP contribution < -0.4 is 14.2 Å². The second kappa shape index (κ2) is 17.7. The van der Waals surface area contributed by atoms with Crippen molar-refractivity contribution in [2.75, 3.05) is 26.4 Å². The lowest BCUT2D eigenvalue weighted by atomic mass is 9.91. The van der Waals surface area contributed by atoms with E-state index < -0.39 is 34.9 Å². The Labute approximate surface area is 357 Å². The Bertz CT molecular complexity index is 2140. The molecule has 0 unspecified atom stereocenters. The molecule has 316 valence electrons. The number of halogens is 3. The second-order valence-corrected chi connectivity index (χ2v) is 17.7. The minimum absolute atomic E-state index is 0.0293. The Balaban J connectivity index is 0.000000182. The summed E-state index contributed by atoms with van der Waals surface area (Å²) < 4.78 is 27.4. The van der Waals surface area contributed by atoms with Gasteiger partial charge in [0.15, 0.2) is 10.8 Å². The number of amides is 1. The van der Waals surface area contributed by atoms with Crippen molar-refractivity contribution in [3.63, 3.8) is 0 Å². The molecule has 0 bridgehead atoms. The van der Waals surface area contributed by atoms with Gasteiger partial charge in [0.05, 0.1) is 48.3 Å². The van der Waals surface area contributed by atoms with Crippen molar-refractivity contribution in [3.8, 4) is 17.2 Å². The normalized spacial score (nSPS) is 20.2. The quantitative estimate of drug-likeness (QED) is 0.112. The number of carbonyl (C=O) groups excluding carboxylic acids is 2. The molecule has 2 atom stereocenters. The molecule has 5 aliphatic rings. The lowest BCUT2D eigenvalue weighted by Crippen LogP contribution is -2.46. The molecule has 3 aromatic carbocycles. The summed E-state index contributed by atoms with van der Waals surface area (Å²) in [5.74, 6) is 1.89. The molecule has 2 N–H and O–H groups in total. The van der Waals surface area contributed by atoms with Gasteiger partial charge in [-0.3, -0.25) is 4.90 Å². The van der Waals surface area contributed by atoms with E-state index in [-0.39, 0.29) is 18.1 Å². The molecule has 3 aromatic rings. The van der Waals surface area contributed by atoms with Crippen LogP contribution in [-0.2, 0) is 38.4 Å². The molecule has 0 radical (unpaired) electrons. The van der Waals surface area contributed by atoms with Gasteiger partial charge in [0.25, 0.3) is 0 Å². The average molecular weight is 874 g/mol. The van der Waals surface area contributed by atoms with Crippen molar-refractivity contribution in [2.24, 2.45) is 15.5 Å². The summed E-state index contributed by atoms with van der Waals surface area (Å²) in [6, 6.07) is 12.2. The van der Waals surface area contributed by atoms with Crippen LogP contribution in [0.25, 0.3) is 0 Å². The van der Waals surface area contributed by atoms with Crippen molar-refractivity contribution in [1.82, 2.24) is 4.90 Å². The van der Waals surface area contributed by atoms with E-state index in [1.54, 1.807) is 47.6 Å². The summed E-state index contributed by atoms with van der Waals surface area (Å²) in [6.45, 7) is 12.9. The van der Waals surface area contributed by atoms with Crippen molar-refractivity contribution in [1.29, 1.82) is 0 Å². The fraction of sp³-hybridized carbons (Fsp3) is 0.452. The molecule has 0 aliphatic carbocycles. The Hall–Kier alpha value is -4.92. The van der Waals surface area contributed by atoms with E-state index in [1.807, 2.05) is 36.4 Å². The highest BCUT2D eigenvalue weighted by Gasteiger charge is 2.55. The fourth-order valence-electron chi connectivity index (χ4n) is 7.13. The van der Waals surface area contributed by atoms with Gasteiger partial charge in [0, 0.05) is 43.2 Å². The topological polar surface area (TPSA) is 170 Å². The Morgan fingerprint density at radius 2 is 1.49 bits per heavy atom. The summed E-state index contributed by atoms with van der Waals surface area (Å²) in [6.07, 6.45) is 4.07. The Kier molecular flexibility index (Phi) is 13.1. The minimum Gasteiger partial charge on any atom is -0.493 e. The predicted octanol–water partition coefficient (Wildman–Crippen LogP) is 8.57. The molecule has 1 spiro atoms. The maximum Gasteiger partial charge on any atom is 0.411 e. The number of benzene rings is 3. The van der Waals surface area contributed by atoms with E-state index in [0.29, 0.717) is 41.0 Å². The maximum atomic E-state index is 13.0. The lowest BCUT2D eigenvalue weighted by Gasteiger charge is -2.29. The first-order valence-electron chi connectivity index (χ1n) is 19.1. The third kappa shape index (κ3) is 10.6. The van der Waals surface area contributed by atoms with Crippen LogP contribution in [0.15, 0.2) is 57.9 Å². The number of hydrogen-bond acceptors (Lipinski definition) is 13. The molecule has 0 saturated carbocycles. The van der Waals surface area contributed by atoms with Gasteiger partial charge in [0.1, 0.15) is 34.5 Å². The number of nitrogens with zero attached hydrogens (tertiary/aromatic N) is 4. The summed E-state index contributed by atoms with van der Waals surface area (Å²) in [4.78, 5) is 33.3. The highest BCUT2D eigenvalue weighted by Crippen LogP contribution is 2.42. The van der Waals surface area contributed by atoms with Gasteiger partial charge in [-0.25, -0.2) is 9.59 Å². The largest absolute Gasteiger partial charge is 0.493 e. The van der Waals surface area contributed by atoms with Crippen LogP contribution in [0.2, 0.25) is 10.0 Å². The van der Waals surface area contributed by atoms with Gasteiger partial charge < -0.3 is 38.9 Å². The highest BCUT2D eigenvalue weighted by molar-refractivity contribution is 6.69. The van der Waals surface area contributed by atoms with E-state index >= 15 is 0 Å². The molecular weight excluding hydrogens is 827 g/mol. The fourth-order valence-corrected chi connectivity index (χ4v) is 7.83. The average Bonchev–Trinajstić information content (AvgIpc) is 4.01. The van der Waals surface area contributed by atoms with E-state index in [0.717, 1.165) is 65.3 Å². The number of fused-ring (bicyclic) bond motifs is 3. The minimum atomic E-state index is -0.838. The molecule has 5 heterocycles. The number of oxime groups is 3. The number of likely N-dealkylation sites (tertiary alicyclic amines) is 1. The van der Waals surface area contributed by atoms with Gasteiger partial charge in [-0.15, -0.1) is 0 Å². The number of ether oxygens (including phenoxy) is 5. The van der Waals surface area contributed by atoms with E-state index in [4.69, 9.17) is 73.7 Å². The molecule has 14 nitrogen and oxygen atoms in total. The third-order valence-corrected chi connectivity index (χ3v) is 10.5. The summed E-state index contributed by atoms with van der Waals surface area (Å²) in [5.41, 5.74) is 4.07. The first kappa shape index (κ1) is 43.7. The summed E-state index contributed by atoms with van der Waals surface area (Å²) >= 11 is 18.0. The molecule has 1 amide bonds. The lowest BCUT2D eigenvalue weighted by molar-refractivity contribution is -0.160. The van der Waals surface area contributed by atoms with E-state index in [9.17, 15) is 9.59 Å². The smallest absolute Gasteiger partial charge is 0.411 e. The second-order valence-electron chi connectivity index (χ2n) is 16.5. The van der Waals surface area contributed by atoms with E-state index in [2.05, 4.69) is 15.5 Å². The van der Waals surface area contributed by atoms with Crippen molar-refractivity contribution in [2.45, 2.75) is 96.5 Å². The highest BCUT2D eigenvalue weighted by atomic mass is 35.5. The number of hydrogen-bond donors (Lipinski definition) is 2. The zero-order valence-corrected chi connectivity index (χ0v) is 35.9. The van der Waals surface area contributed by atoms with E-state index in [1.165, 1.54) is 16.7 Å². The maximum absolute atomic E-state index is 13.0. The van der Waals surface area contributed by atoms with Gasteiger partial charge in [-0.2, -0.15) is 0 Å². The molecule has 8 rings (SSSR count). The zero-order valence-electron chi connectivity index (χ0n) is 33.6. The van der Waals surface area contributed by atoms with Crippen molar-refractivity contribution < 1.29 is 48.5 Å². The SMILES string of the molecule is CC(C)(C)OC(=O)[C@@H]1C[C@]2(CC(c3cc(Cl)c4c(c3)CCO4)=NO2)CN1C(=O)OC(C)(C)C.O/N=C(/Cl)c1cc(Cl)c2c(c1)CCO2.O/N=C\c1ccc2c(c1)CCO2. The number of carbonyl (C=O) groups is 2. The number of rotatable bonds is 4. The first-order chi connectivity index (χ1) is 27.9. The molecule has 1 fully saturated rings. The predicted molar refractivity (Wildman–Crippen MR) is 223 cm³/mol. The van der Waals surface area contributed by atoms with Crippen LogP contribution in [0.4, 0.5) is 4.79 Å². The molecule has 0 aromatic heterocycles. The van der Waals surface area contributed by atoms with Crippen LogP contribution in [-0.4, -0.2) is 93.7 Å². The van der Waals surface area contributed by atoms with Crippen LogP contribution in [0.5, 0.6) is 17.2 Å².